The fourth-order valence-corrected chi connectivity index (χ4v) is 5.02. The third-order valence-electron chi connectivity index (χ3n) is 5.08. The summed E-state index contributed by atoms with van der Waals surface area (Å²) in [7, 11) is 0. The smallest absolute Gasteiger partial charge is 0.155 e. The summed E-state index contributed by atoms with van der Waals surface area (Å²) in [5.41, 5.74) is 2.46. The van der Waals surface area contributed by atoms with Gasteiger partial charge in [0.05, 0.1) is 18.6 Å². The number of aliphatic hydroxyl groups is 2. The SMILES string of the molecule is OCCN(CCO)c1nc(/C=C/c2ccccc2)nc2sc3c(c12)CCCC3. The number of aromatic nitrogens is 2. The summed E-state index contributed by atoms with van der Waals surface area (Å²) in [5, 5.41) is 20.2. The van der Waals surface area contributed by atoms with E-state index in [1.54, 1.807) is 11.3 Å². The van der Waals surface area contributed by atoms with Crippen molar-refractivity contribution >= 4 is 39.5 Å². The molecule has 146 valence electrons. The summed E-state index contributed by atoms with van der Waals surface area (Å²) in [5.74, 6) is 1.49. The minimum absolute atomic E-state index is 0.0208. The Morgan fingerprint density at radius 1 is 0.964 bits per heavy atom. The van der Waals surface area contributed by atoms with Gasteiger partial charge in [0.1, 0.15) is 10.6 Å². The highest BCUT2D eigenvalue weighted by Gasteiger charge is 2.23. The Morgan fingerprint density at radius 3 is 2.46 bits per heavy atom. The highest BCUT2D eigenvalue weighted by atomic mass is 32.1. The second-order valence-electron chi connectivity index (χ2n) is 6.97. The van der Waals surface area contributed by atoms with Crippen LogP contribution in [-0.4, -0.2) is 46.5 Å². The van der Waals surface area contributed by atoms with Gasteiger partial charge in [0.25, 0.3) is 0 Å². The van der Waals surface area contributed by atoms with Crippen molar-refractivity contribution < 1.29 is 10.2 Å². The first-order valence-corrected chi connectivity index (χ1v) is 10.6. The number of rotatable bonds is 7. The molecule has 1 aliphatic carbocycles. The molecule has 0 spiro atoms. The molecule has 2 aromatic heterocycles. The molecule has 2 N–H and O–H groups in total. The van der Waals surface area contributed by atoms with Gasteiger partial charge in [0.2, 0.25) is 0 Å². The summed E-state index contributed by atoms with van der Waals surface area (Å²) < 4.78 is 0. The molecule has 0 atom stereocenters. The Bertz CT molecular complexity index is 963. The van der Waals surface area contributed by atoms with Gasteiger partial charge in [-0.15, -0.1) is 11.3 Å². The summed E-state index contributed by atoms with van der Waals surface area (Å²) in [6, 6.07) is 10.1. The average Bonchev–Trinajstić information content (AvgIpc) is 3.11. The summed E-state index contributed by atoms with van der Waals surface area (Å²) in [4.78, 5) is 14.1. The van der Waals surface area contributed by atoms with Crippen molar-refractivity contribution in [1.29, 1.82) is 0 Å². The number of aryl methyl sites for hydroxylation is 2. The number of hydrogen-bond donors (Lipinski definition) is 2. The summed E-state index contributed by atoms with van der Waals surface area (Å²) in [6.07, 6.45) is 8.52. The molecule has 4 rings (SSSR count). The van der Waals surface area contributed by atoms with Gasteiger partial charge in [0, 0.05) is 18.0 Å². The van der Waals surface area contributed by atoms with Crippen LogP contribution in [0.5, 0.6) is 0 Å². The molecule has 0 radical (unpaired) electrons. The molecule has 2 heterocycles. The van der Waals surface area contributed by atoms with E-state index in [9.17, 15) is 10.2 Å². The minimum Gasteiger partial charge on any atom is -0.395 e. The summed E-state index contributed by atoms with van der Waals surface area (Å²) in [6.45, 7) is 0.929. The maximum Gasteiger partial charge on any atom is 0.155 e. The van der Waals surface area contributed by atoms with Crippen LogP contribution in [0.25, 0.3) is 22.4 Å². The number of nitrogens with zero attached hydrogens (tertiary/aromatic N) is 3. The van der Waals surface area contributed by atoms with Crippen LogP contribution in [0, 0.1) is 0 Å². The van der Waals surface area contributed by atoms with Crippen LogP contribution in [0.1, 0.15) is 34.7 Å². The molecule has 6 heteroatoms. The number of thiophene rings is 1. The van der Waals surface area contributed by atoms with Crippen molar-refractivity contribution in [2.24, 2.45) is 0 Å². The van der Waals surface area contributed by atoms with Crippen LogP contribution >= 0.6 is 11.3 Å². The first kappa shape index (κ1) is 19.1. The molecule has 0 fully saturated rings. The molecule has 0 bridgehead atoms. The van der Waals surface area contributed by atoms with E-state index in [1.165, 1.54) is 23.3 Å². The van der Waals surface area contributed by atoms with E-state index >= 15 is 0 Å². The molecular weight excluding hydrogens is 370 g/mol. The zero-order valence-corrected chi connectivity index (χ0v) is 16.7. The number of benzene rings is 1. The zero-order chi connectivity index (χ0) is 19.3. The standard InChI is InChI=1S/C22H25N3O2S/c26-14-12-25(13-15-27)21-20-17-8-4-5-9-18(17)28-22(20)24-19(23-21)11-10-16-6-2-1-3-7-16/h1-3,6-7,10-11,26-27H,4-5,8-9,12-15H2/b11-10+. The quantitative estimate of drug-likeness (QED) is 0.640. The van der Waals surface area contributed by atoms with E-state index in [-0.39, 0.29) is 13.2 Å². The lowest BCUT2D eigenvalue weighted by Crippen LogP contribution is -2.31. The van der Waals surface area contributed by atoms with Crippen LogP contribution in [0.2, 0.25) is 0 Å². The topological polar surface area (TPSA) is 69.5 Å². The second kappa shape index (κ2) is 8.82. The number of anilines is 1. The number of hydrogen-bond acceptors (Lipinski definition) is 6. The van der Waals surface area contributed by atoms with Crippen molar-refractivity contribution in [1.82, 2.24) is 9.97 Å². The lowest BCUT2D eigenvalue weighted by Gasteiger charge is -2.23. The van der Waals surface area contributed by atoms with Gasteiger partial charge in [-0.25, -0.2) is 9.97 Å². The minimum atomic E-state index is 0.0208. The van der Waals surface area contributed by atoms with Crippen molar-refractivity contribution in [2.75, 3.05) is 31.2 Å². The lowest BCUT2D eigenvalue weighted by molar-refractivity contribution is 0.281. The molecular formula is C22H25N3O2S. The monoisotopic (exact) mass is 395 g/mol. The van der Waals surface area contributed by atoms with E-state index in [1.807, 2.05) is 47.4 Å². The van der Waals surface area contributed by atoms with Gasteiger partial charge in [-0.1, -0.05) is 36.4 Å². The van der Waals surface area contributed by atoms with Crippen molar-refractivity contribution in [2.45, 2.75) is 25.7 Å². The average molecular weight is 396 g/mol. The fraction of sp³-hybridized carbons (Fsp3) is 0.364. The van der Waals surface area contributed by atoms with Crippen LogP contribution < -0.4 is 4.90 Å². The largest absolute Gasteiger partial charge is 0.395 e. The third-order valence-corrected chi connectivity index (χ3v) is 6.26. The molecule has 28 heavy (non-hydrogen) atoms. The van der Waals surface area contributed by atoms with Crippen LogP contribution in [0.4, 0.5) is 5.82 Å². The van der Waals surface area contributed by atoms with Gasteiger partial charge < -0.3 is 15.1 Å². The third kappa shape index (κ3) is 3.94. The predicted molar refractivity (Wildman–Crippen MR) is 116 cm³/mol. The van der Waals surface area contributed by atoms with Crippen molar-refractivity contribution in [3.05, 3.63) is 52.2 Å². The summed E-state index contributed by atoms with van der Waals surface area (Å²) >= 11 is 1.77. The van der Waals surface area contributed by atoms with Crippen LogP contribution in [-0.2, 0) is 12.8 Å². The van der Waals surface area contributed by atoms with Crippen molar-refractivity contribution in [3.63, 3.8) is 0 Å². The molecule has 1 aliphatic rings. The highest BCUT2D eigenvalue weighted by Crippen LogP contribution is 2.39. The molecule has 0 aliphatic heterocycles. The molecule has 0 saturated heterocycles. The van der Waals surface area contributed by atoms with Crippen LogP contribution in [0.15, 0.2) is 30.3 Å². The van der Waals surface area contributed by atoms with E-state index in [2.05, 4.69) is 0 Å². The Balaban J connectivity index is 1.82. The molecule has 0 amide bonds. The molecule has 0 unspecified atom stereocenters. The first-order chi connectivity index (χ1) is 13.8. The van der Waals surface area contributed by atoms with E-state index in [0.29, 0.717) is 18.9 Å². The Morgan fingerprint density at radius 2 is 1.71 bits per heavy atom. The maximum atomic E-state index is 9.53. The Kier molecular flexibility index (Phi) is 6.00. The van der Waals surface area contributed by atoms with E-state index < -0.39 is 0 Å². The molecule has 1 aromatic carbocycles. The van der Waals surface area contributed by atoms with E-state index in [0.717, 1.165) is 34.4 Å². The van der Waals surface area contributed by atoms with Gasteiger partial charge >= 0.3 is 0 Å². The van der Waals surface area contributed by atoms with E-state index in [4.69, 9.17) is 9.97 Å². The zero-order valence-electron chi connectivity index (χ0n) is 15.8. The fourth-order valence-electron chi connectivity index (χ4n) is 3.76. The van der Waals surface area contributed by atoms with Gasteiger partial charge in [-0.3, -0.25) is 0 Å². The van der Waals surface area contributed by atoms with Gasteiger partial charge in [-0.05, 0) is 42.9 Å². The molecule has 0 saturated carbocycles. The van der Waals surface area contributed by atoms with Gasteiger partial charge in [0.15, 0.2) is 5.82 Å². The van der Waals surface area contributed by atoms with Gasteiger partial charge in [-0.2, -0.15) is 0 Å². The van der Waals surface area contributed by atoms with Crippen LogP contribution in [0.3, 0.4) is 0 Å². The maximum absolute atomic E-state index is 9.53. The molecule has 5 nitrogen and oxygen atoms in total. The Hall–Kier alpha value is -2.28. The highest BCUT2D eigenvalue weighted by molar-refractivity contribution is 7.19. The normalized spacial score (nSPS) is 13.9. The molecule has 3 aromatic rings. The Labute approximate surface area is 169 Å². The first-order valence-electron chi connectivity index (χ1n) is 9.82. The number of fused-ring (bicyclic) bond motifs is 3. The second-order valence-corrected chi connectivity index (χ2v) is 8.06. The number of aliphatic hydroxyl groups excluding tert-OH is 2. The predicted octanol–water partition coefficient (Wildman–Crippen LogP) is 3.53. The van der Waals surface area contributed by atoms with Crippen molar-refractivity contribution in [3.8, 4) is 0 Å². The lowest BCUT2D eigenvalue weighted by atomic mass is 9.97.